The van der Waals surface area contributed by atoms with E-state index in [1.807, 2.05) is 25.1 Å². The molecule has 1 saturated heterocycles. The maximum atomic E-state index is 12.9. The third-order valence-corrected chi connectivity index (χ3v) is 5.90. The van der Waals surface area contributed by atoms with Crippen LogP contribution in [0.1, 0.15) is 31.4 Å². The van der Waals surface area contributed by atoms with Gasteiger partial charge in [-0.25, -0.2) is 0 Å². The first-order valence-electron chi connectivity index (χ1n) is 9.28. The number of carbonyl (C=O) groups is 1. The molecule has 28 heavy (non-hydrogen) atoms. The largest absolute Gasteiger partial charge is 0.497 e. The number of quaternary nitrogens is 1. The Morgan fingerprint density at radius 3 is 2.64 bits per heavy atom. The molecule has 0 bridgehead atoms. The predicted octanol–water partition coefficient (Wildman–Crippen LogP) is 3.76. The van der Waals surface area contributed by atoms with Crippen LogP contribution in [0.2, 0.25) is 10.0 Å². The molecule has 2 aromatic rings. The summed E-state index contributed by atoms with van der Waals surface area (Å²) < 4.78 is 11.0. The summed E-state index contributed by atoms with van der Waals surface area (Å²) >= 11 is 12.1. The van der Waals surface area contributed by atoms with Crippen molar-refractivity contribution in [2.45, 2.75) is 31.8 Å². The molecular weight excluding hydrogens is 399 g/mol. The van der Waals surface area contributed by atoms with Crippen molar-refractivity contribution in [3.63, 3.8) is 0 Å². The lowest BCUT2D eigenvalue weighted by Crippen LogP contribution is -3.15. The first kappa shape index (κ1) is 20.8. The molecule has 3 rings (SSSR count). The van der Waals surface area contributed by atoms with Gasteiger partial charge in [-0.2, -0.15) is 0 Å². The molecule has 5 nitrogen and oxygen atoms in total. The minimum atomic E-state index is -0.254. The molecule has 1 aliphatic heterocycles. The summed E-state index contributed by atoms with van der Waals surface area (Å²) in [6.07, 6.45) is 2.03. The van der Waals surface area contributed by atoms with E-state index in [9.17, 15) is 4.79 Å². The Morgan fingerprint density at radius 2 is 1.96 bits per heavy atom. The second-order valence-electron chi connectivity index (χ2n) is 6.96. The van der Waals surface area contributed by atoms with Gasteiger partial charge in [-0.05, 0) is 43.3 Å². The van der Waals surface area contributed by atoms with E-state index in [0.29, 0.717) is 15.7 Å². The van der Waals surface area contributed by atoms with Crippen LogP contribution in [0, 0.1) is 0 Å². The molecule has 1 unspecified atom stereocenters. The first-order chi connectivity index (χ1) is 13.4. The highest BCUT2D eigenvalue weighted by molar-refractivity contribution is 6.36. The van der Waals surface area contributed by atoms with Crippen LogP contribution in [0.5, 0.6) is 11.5 Å². The first-order valence-corrected chi connectivity index (χ1v) is 10.0. The maximum absolute atomic E-state index is 12.9. The van der Waals surface area contributed by atoms with Gasteiger partial charge in [0.05, 0.1) is 37.0 Å². The number of nitrogens with one attached hydrogen (secondary N) is 2. The van der Waals surface area contributed by atoms with Gasteiger partial charge in [0.25, 0.3) is 5.91 Å². The second kappa shape index (κ2) is 9.03. The molecule has 1 aliphatic rings. The Bertz CT molecular complexity index is 860. The molecule has 2 aromatic carbocycles. The molecular formula is C21H25Cl2N2O3+. The van der Waals surface area contributed by atoms with Gasteiger partial charge >= 0.3 is 0 Å². The molecule has 150 valence electrons. The average molecular weight is 424 g/mol. The van der Waals surface area contributed by atoms with Gasteiger partial charge in [0, 0.05) is 17.9 Å². The number of likely N-dealkylation sites (tertiary alicyclic amines) is 1. The Morgan fingerprint density at radius 1 is 1.18 bits per heavy atom. The number of methoxy groups -OCH3 is 2. The number of carbonyl (C=O) groups excluding carboxylic acids is 1. The predicted molar refractivity (Wildman–Crippen MR) is 112 cm³/mol. The number of amides is 1. The van der Waals surface area contributed by atoms with Crippen molar-refractivity contribution in [3.05, 3.63) is 52.0 Å². The van der Waals surface area contributed by atoms with Crippen molar-refractivity contribution in [1.29, 1.82) is 0 Å². The van der Waals surface area contributed by atoms with E-state index in [1.54, 1.807) is 32.4 Å². The summed E-state index contributed by atoms with van der Waals surface area (Å²) in [7, 11) is 3.31. The van der Waals surface area contributed by atoms with Crippen LogP contribution in [0.25, 0.3) is 0 Å². The van der Waals surface area contributed by atoms with Gasteiger partial charge in [-0.1, -0.05) is 23.2 Å². The summed E-state index contributed by atoms with van der Waals surface area (Å²) in [5.74, 6) is 1.53. The standard InChI is InChI=1S/C21H24Cl2N2O3/c1-13(21(26)24-18-8-6-14(22)11-17(18)23)25-10-4-5-19(25)16-12-15(27-2)7-9-20(16)28-3/h6-9,11-13,19H,4-5,10H2,1-3H3,(H,24,26)/p+1/t13-,19-/m1/s1. The van der Waals surface area contributed by atoms with Gasteiger partial charge in [-0.15, -0.1) is 0 Å². The summed E-state index contributed by atoms with van der Waals surface area (Å²) in [6, 6.07) is 10.8. The van der Waals surface area contributed by atoms with Gasteiger partial charge in [-0.3, -0.25) is 4.79 Å². The minimum absolute atomic E-state index is 0.0759. The smallest absolute Gasteiger partial charge is 0.282 e. The van der Waals surface area contributed by atoms with E-state index in [2.05, 4.69) is 5.32 Å². The number of hydrogen-bond acceptors (Lipinski definition) is 3. The van der Waals surface area contributed by atoms with E-state index >= 15 is 0 Å². The number of benzene rings is 2. The lowest BCUT2D eigenvalue weighted by molar-refractivity contribution is -0.932. The minimum Gasteiger partial charge on any atom is -0.497 e. The van der Waals surface area contributed by atoms with Crippen LogP contribution in [0.4, 0.5) is 5.69 Å². The number of anilines is 1. The van der Waals surface area contributed by atoms with Gasteiger partial charge in [0.1, 0.15) is 17.5 Å². The molecule has 1 heterocycles. The van der Waals surface area contributed by atoms with Crippen LogP contribution >= 0.6 is 23.2 Å². The fourth-order valence-electron chi connectivity index (χ4n) is 3.86. The van der Waals surface area contributed by atoms with Crippen LogP contribution in [0.3, 0.4) is 0 Å². The number of hydrogen-bond donors (Lipinski definition) is 2. The molecule has 0 spiro atoms. The van der Waals surface area contributed by atoms with Gasteiger partial charge in [0.2, 0.25) is 0 Å². The SMILES string of the molecule is COc1ccc(OC)c([C@H]2CCC[NH+]2[C@H](C)C(=O)Nc2ccc(Cl)cc2Cl)c1. The zero-order valence-electron chi connectivity index (χ0n) is 16.2. The molecule has 1 amide bonds. The molecule has 0 saturated carbocycles. The Hall–Kier alpha value is -1.95. The van der Waals surface area contributed by atoms with Crippen molar-refractivity contribution in [3.8, 4) is 11.5 Å². The highest BCUT2D eigenvalue weighted by atomic mass is 35.5. The topological polar surface area (TPSA) is 52.0 Å². The van der Waals surface area contributed by atoms with Crippen molar-refractivity contribution in [2.75, 3.05) is 26.1 Å². The fourth-order valence-corrected chi connectivity index (χ4v) is 4.31. The zero-order chi connectivity index (χ0) is 20.3. The molecule has 0 aromatic heterocycles. The van der Waals surface area contributed by atoms with Crippen molar-refractivity contribution in [2.24, 2.45) is 0 Å². The van der Waals surface area contributed by atoms with Crippen LogP contribution < -0.4 is 19.7 Å². The number of ether oxygens (including phenoxy) is 2. The van der Waals surface area contributed by atoms with Crippen LogP contribution in [0.15, 0.2) is 36.4 Å². The normalized spacial score (nSPS) is 19.9. The van der Waals surface area contributed by atoms with Crippen molar-refractivity contribution in [1.82, 2.24) is 0 Å². The quantitative estimate of drug-likeness (QED) is 0.743. The van der Waals surface area contributed by atoms with E-state index in [4.69, 9.17) is 32.7 Å². The third kappa shape index (κ3) is 4.37. The summed E-state index contributed by atoms with van der Waals surface area (Å²) in [5, 5.41) is 3.89. The number of rotatable bonds is 6. The Kier molecular flexibility index (Phi) is 6.70. The average Bonchev–Trinajstić information content (AvgIpc) is 3.18. The van der Waals surface area contributed by atoms with E-state index in [1.165, 1.54) is 4.90 Å². The Labute approximate surface area is 175 Å². The van der Waals surface area contributed by atoms with E-state index in [0.717, 1.165) is 36.4 Å². The van der Waals surface area contributed by atoms with Crippen molar-refractivity contribution >= 4 is 34.8 Å². The molecule has 2 N–H and O–H groups in total. The number of halogens is 2. The zero-order valence-corrected chi connectivity index (χ0v) is 17.7. The van der Waals surface area contributed by atoms with Gasteiger partial charge < -0.3 is 19.7 Å². The van der Waals surface area contributed by atoms with E-state index in [-0.39, 0.29) is 18.0 Å². The molecule has 3 atom stereocenters. The summed E-state index contributed by atoms with van der Waals surface area (Å²) in [5.41, 5.74) is 1.63. The van der Waals surface area contributed by atoms with Crippen molar-refractivity contribution < 1.29 is 19.2 Å². The highest BCUT2D eigenvalue weighted by Crippen LogP contribution is 2.32. The monoisotopic (exact) mass is 423 g/mol. The lowest BCUT2D eigenvalue weighted by Gasteiger charge is -2.28. The summed E-state index contributed by atoms with van der Waals surface area (Å²) in [6.45, 7) is 2.85. The lowest BCUT2D eigenvalue weighted by atomic mass is 10.0. The van der Waals surface area contributed by atoms with E-state index < -0.39 is 0 Å². The third-order valence-electron chi connectivity index (χ3n) is 5.36. The van der Waals surface area contributed by atoms with Gasteiger partial charge in [0.15, 0.2) is 6.04 Å². The van der Waals surface area contributed by atoms with Crippen LogP contribution in [-0.2, 0) is 4.79 Å². The molecule has 0 aliphatic carbocycles. The maximum Gasteiger partial charge on any atom is 0.282 e. The highest BCUT2D eigenvalue weighted by Gasteiger charge is 2.38. The molecule has 7 heteroatoms. The fraction of sp³-hybridized carbons (Fsp3) is 0.381. The molecule has 0 radical (unpaired) electrons. The van der Waals surface area contributed by atoms with Crippen LogP contribution in [-0.4, -0.2) is 32.7 Å². The second-order valence-corrected chi connectivity index (χ2v) is 7.81. The molecule has 1 fully saturated rings. The Balaban J connectivity index is 1.81. The summed E-state index contributed by atoms with van der Waals surface area (Å²) in [4.78, 5) is 14.1.